The van der Waals surface area contributed by atoms with Crippen LogP contribution >= 0.6 is 0 Å². The van der Waals surface area contributed by atoms with E-state index in [4.69, 9.17) is 0 Å². The summed E-state index contributed by atoms with van der Waals surface area (Å²) < 4.78 is 15.8. The summed E-state index contributed by atoms with van der Waals surface area (Å²) in [5.74, 6) is -1.41. The number of aromatic nitrogens is 2. The summed E-state index contributed by atoms with van der Waals surface area (Å²) >= 11 is 0. The monoisotopic (exact) mass is 394 g/mol. The van der Waals surface area contributed by atoms with Crippen LogP contribution in [0.4, 0.5) is 10.1 Å². The Hall–Kier alpha value is -3.48. The molecule has 2 aromatic carbocycles. The van der Waals surface area contributed by atoms with E-state index in [-0.39, 0.29) is 17.5 Å². The zero-order chi connectivity index (χ0) is 21.0. The van der Waals surface area contributed by atoms with Crippen LogP contribution in [0.25, 0.3) is 5.69 Å². The van der Waals surface area contributed by atoms with Crippen LogP contribution < -0.4 is 10.6 Å². The number of nitrogens with zero attached hydrogens (tertiary/aromatic N) is 2. The molecular formula is C22H23FN4O2. The lowest BCUT2D eigenvalue weighted by atomic mass is 10.0. The van der Waals surface area contributed by atoms with Gasteiger partial charge in [-0.15, -0.1) is 0 Å². The number of carbonyl (C=O) groups excluding carboxylic acids is 2. The fourth-order valence-corrected chi connectivity index (χ4v) is 2.95. The summed E-state index contributed by atoms with van der Waals surface area (Å²) in [6.07, 6.45) is 3.19. The maximum atomic E-state index is 14.4. The highest BCUT2D eigenvalue weighted by molar-refractivity contribution is 6.01. The number of nitrogens with one attached hydrogen (secondary N) is 2. The molecule has 0 saturated carbocycles. The van der Waals surface area contributed by atoms with Gasteiger partial charge in [-0.2, -0.15) is 5.10 Å². The van der Waals surface area contributed by atoms with Gasteiger partial charge in [-0.3, -0.25) is 9.59 Å². The smallest absolute Gasteiger partial charge is 0.251 e. The van der Waals surface area contributed by atoms with E-state index in [9.17, 15) is 14.0 Å². The van der Waals surface area contributed by atoms with Crippen LogP contribution in [-0.4, -0.2) is 27.6 Å². The van der Waals surface area contributed by atoms with Crippen LogP contribution in [0.5, 0.6) is 0 Å². The third-order valence-corrected chi connectivity index (χ3v) is 4.48. The number of halogens is 1. The topological polar surface area (TPSA) is 76.0 Å². The second-order valence-electron chi connectivity index (χ2n) is 7.17. The Balaban J connectivity index is 1.73. The molecule has 0 fully saturated rings. The Morgan fingerprint density at radius 1 is 1.10 bits per heavy atom. The van der Waals surface area contributed by atoms with Crippen LogP contribution in [0.15, 0.2) is 60.9 Å². The van der Waals surface area contributed by atoms with Crippen molar-refractivity contribution in [3.05, 3.63) is 77.9 Å². The number of carbonyl (C=O) groups is 2. The Kier molecular flexibility index (Phi) is 6.07. The second kappa shape index (κ2) is 8.68. The van der Waals surface area contributed by atoms with Crippen LogP contribution in [0.2, 0.25) is 0 Å². The second-order valence-corrected chi connectivity index (χ2v) is 7.17. The maximum absolute atomic E-state index is 14.4. The fourth-order valence-electron chi connectivity index (χ4n) is 2.95. The summed E-state index contributed by atoms with van der Waals surface area (Å²) in [5, 5.41) is 9.45. The van der Waals surface area contributed by atoms with Gasteiger partial charge in [-0.25, -0.2) is 9.07 Å². The van der Waals surface area contributed by atoms with Crippen molar-refractivity contribution in [1.82, 2.24) is 15.1 Å². The molecule has 0 aliphatic heterocycles. The number of hydrogen-bond donors (Lipinski definition) is 2. The molecular weight excluding hydrogens is 371 g/mol. The van der Waals surface area contributed by atoms with Crippen LogP contribution in [0.3, 0.4) is 0 Å². The molecule has 0 bridgehead atoms. The minimum Gasteiger partial charge on any atom is -0.340 e. The van der Waals surface area contributed by atoms with Gasteiger partial charge in [0.1, 0.15) is 11.7 Å². The molecule has 3 rings (SSSR count). The zero-order valence-corrected chi connectivity index (χ0v) is 16.5. The number of benzene rings is 2. The Labute approximate surface area is 168 Å². The van der Waals surface area contributed by atoms with Gasteiger partial charge in [0.2, 0.25) is 5.91 Å². The fraction of sp³-hybridized carbons (Fsp3) is 0.227. The number of anilines is 1. The first-order valence-corrected chi connectivity index (χ1v) is 9.33. The summed E-state index contributed by atoms with van der Waals surface area (Å²) in [4.78, 5) is 25.3. The first kappa shape index (κ1) is 20.3. The maximum Gasteiger partial charge on any atom is 0.251 e. The average molecular weight is 394 g/mol. The lowest BCUT2D eigenvalue weighted by Crippen LogP contribution is -2.47. The van der Waals surface area contributed by atoms with E-state index in [1.54, 1.807) is 42.7 Å². The van der Waals surface area contributed by atoms with Crippen LogP contribution in [0.1, 0.15) is 29.8 Å². The largest absolute Gasteiger partial charge is 0.340 e. The Bertz CT molecular complexity index is 1020. The van der Waals surface area contributed by atoms with E-state index in [1.165, 1.54) is 16.8 Å². The predicted octanol–water partition coefficient (Wildman–Crippen LogP) is 3.71. The third kappa shape index (κ3) is 4.87. The van der Waals surface area contributed by atoms with Crippen molar-refractivity contribution < 1.29 is 14.0 Å². The molecule has 1 aromatic heterocycles. The van der Waals surface area contributed by atoms with Gasteiger partial charge in [0.05, 0.1) is 0 Å². The van der Waals surface area contributed by atoms with E-state index >= 15 is 0 Å². The van der Waals surface area contributed by atoms with Gasteiger partial charge in [-0.05, 0) is 49.2 Å². The number of aryl methyl sites for hydroxylation is 1. The van der Waals surface area contributed by atoms with Gasteiger partial charge in [0, 0.05) is 23.6 Å². The quantitative estimate of drug-likeness (QED) is 0.669. The van der Waals surface area contributed by atoms with E-state index in [0.29, 0.717) is 11.3 Å². The van der Waals surface area contributed by atoms with E-state index in [2.05, 4.69) is 15.7 Å². The van der Waals surface area contributed by atoms with Crippen molar-refractivity contribution >= 4 is 17.5 Å². The van der Waals surface area contributed by atoms with Crippen molar-refractivity contribution in [2.24, 2.45) is 5.92 Å². The average Bonchev–Trinajstić information content (AvgIpc) is 3.20. The molecule has 7 heteroatoms. The van der Waals surface area contributed by atoms with Crippen molar-refractivity contribution in [1.29, 1.82) is 0 Å². The highest BCUT2D eigenvalue weighted by Gasteiger charge is 2.25. The molecule has 2 amide bonds. The highest BCUT2D eigenvalue weighted by Crippen LogP contribution is 2.18. The summed E-state index contributed by atoms with van der Waals surface area (Å²) in [6, 6.07) is 12.4. The molecule has 0 radical (unpaired) electrons. The van der Waals surface area contributed by atoms with Crippen molar-refractivity contribution in [2.75, 3.05) is 5.32 Å². The lowest BCUT2D eigenvalue weighted by molar-refractivity contribution is -0.118. The van der Waals surface area contributed by atoms with Gasteiger partial charge in [0.15, 0.2) is 5.82 Å². The van der Waals surface area contributed by atoms with Gasteiger partial charge >= 0.3 is 0 Å². The lowest BCUT2D eigenvalue weighted by Gasteiger charge is -2.22. The molecule has 0 spiro atoms. The molecule has 29 heavy (non-hydrogen) atoms. The Morgan fingerprint density at radius 2 is 1.90 bits per heavy atom. The molecule has 3 aromatic rings. The first-order valence-electron chi connectivity index (χ1n) is 9.33. The molecule has 1 unspecified atom stereocenters. The molecule has 1 heterocycles. The molecule has 2 N–H and O–H groups in total. The molecule has 0 saturated heterocycles. The number of rotatable bonds is 6. The molecule has 1 atom stereocenters. The van der Waals surface area contributed by atoms with Crippen molar-refractivity contribution in [2.45, 2.75) is 26.8 Å². The SMILES string of the molecule is Cc1cccc(C(=O)NC(C(=O)Nc2ccc(-n3cccn3)c(F)c2)C(C)C)c1. The van der Waals surface area contributed by atoms with Gasteiger partial charge in [0.25, 0.3) is 5.91 Å². The van der Waals surface area contributed by atoms with Crippen molar-refractivity contribution in [3.8, 4) is 5.69 Å². The minimum atomic E-state index is -0.767. The minimum absolute atomic E-state index is 0.156. The standard InChI is InChI=1S/C22H23FN4O2/c1-14(2)20(26-21(28)16-7-4-6-15(3)12-16)22(29)25-17-8-9-19(18(23)13-17)27-11-5-10-24-27/h4-14,20H,1-3H3,(H,25,29)(H,26,28). The third-order valence-electron chi connectivity index (χ3n) is 4.48. The van der Waals surface area contributed by atoms with E-state index in [1.807, 2.05) is 26.8 Å². The number of amides is 2. The van der Waals surface area contributed by atoms with Crippen LogP contribution in [0, 0.1) is 18.7 Å². The first-order chi connectivity index (χ1) is 13.8. The predicted molar refractivity (Wildman–Crippen MR) is 109 cm³/mol. The normalized spacial score (nSPS) is 11.9. The summed E-state index contributed by atoms with van der Waals surface area (Å²) in [7, 11) is 0. The summed E-state index contributed by atoms with van der Waals surface area (Å²) in [5.41, 5.74) is 2.02. The van der Waals surface area contributed by atoms with Crippen LogP contribution in [-0.2, 0) is 4.79 Å². The molecule has 6 nitrogen and oxygen atoms in total. The van der Waals surface area contributed by atoms with Crippen molar-refractivity contribution in [3.63, 3.8) is 0 Å². The van der Waals surface area contributed by atoms with Gasteiger partial charge in [-0.1, -0.05) is 31.5 Å². The molecule has 150 valence electrons. The zero-order valence-electron chi connectivity index (χ0n) is 16.5. The van der Waals surface area contributed by atoms with E-state index in [0.717, 1.165) is 5.56 Å². The Morgan fingerprint density at radius 3 is 2.52 bits per heavy atom. The summed E-state index contributed by atoms with van der Waals surface area (Å²) in [6.45, 7) is 5.56. The molecule has 0 aliphatic carbocycles. The number of hydrogen-bond acceptors (Lipinski definition) is 3. The van der Waals surface area contributed by atoms with E-state index < -0.39 is 17.8 Å². The molecule has 0 aliphatic rings. The highest BCUT2D eigenvalue weighted by atomic mass is 19.1. The van der Waals surface area contributed by atoms with Gasteiger partial charge < -0.3 is 10.6 Å².